The molecule has 4 rings (SSSR count). The van der Waals surface area contributed by atoms with Crippen molar-refractivity contribution in [1.82, 2.24) is 10.2 Å². The van der Waals surface area contributed by atoms with Gasteiger partial charge < -0.3 is 9.73 Å². The third kappa shape index (κ3) is 3.87. The van der Waals surface area contributed by atoms with Crippen LogP contribution in [0, 0.1) is 11.6 Å². The predicted molar refractivity (Wildman–Crippen MR) is 103 cm³/mol. The largest absolute Gasteiger partial charge is 0.418 e. The Labute approximate surface area is 164 Å². The van der Waals surface area contributed by atoms with Crippen LogP contribution in [-0.2, 0) is 0 Å². The highest BCUT2D eigenvalue weighted by atomic mass is 35.5. The summed E-state index contributed by atoms with van der Waals surface area (Å²) in [6.07, 6.45) is 0. The maximum atomic E-state index is 13.4. The van der Waals surface area contributed by atoms with E-state index in [1.165, 1.54) is 30.3 Å². The lowest BCUT2D eigenvalue weighted by molar-refractivity contribution is 0.493. The lowest BCUT2D eigenvalue weighted by Gasteiger charge is -2.18. The van der Waals surface area contributed by atoms with Gasteiger partial charge in [0.05, 0.1) is 10.7 Å². The Balaban J connectivity index is 1.73. The monoisotopic (exact) mass is 397 g/mol. The van der Waals surface area contributed by atoms with E-state index in [1.807, 2.05) is 30.3 Å². The zero-order valence-electron chi connectivity index (χ0n) is 14.4. The average molecular weight is 398 g/mol. The molecule has 0 aliphatic carbocycles. The van der Waals surface area contributed by atoms with Crippen LogP contribution >= 0.6 is 11.6 Å². The highest BCUT2D eigenvalue weighted by molar-refractivity contribution is 6.33. The number of aromatic nitrogens is 2. The smallest absolute Gasteiger partial charge is 0.247 e. The van der Waals surface area contributed by atoms with Gasteiger partial charge >= 0.3 is 0 Å². The van der Waals surface area contributed by atoms with E-state index in [4.69, 9.17) is 16.0 Å². The Hall–Kier alpha value is -3.25. The molecular formula is C21H14ClF2N3O. The molecule has 7 heteroatoms. The fourth-order valence-electron chi connectivity index (χ4n) is 2.75. The Morgan fingerprint density at radius 3 is 2.29 bits per heavy atom. The predicted octanol–water partition coefficient (Wildman–Crippen LogP) is 5.87. The van der Waals surface area contributed by atoms with Crippen LogP contribution in [0.3, 0.4) is 0 Å². The first-order valence-electron chi connectivity index (χ1n) is 8.46. The first-order chi connectivity index (χ1) is 13.6. The minimum atomic E-state index is -0.603. The van der Waals surface area contributed by atoms with Gasteiger partial charge in [-0.25, -0.2) is 8.78 Å². The Bertz CT molecular complexity index is 1080. The van der Waals surface area contributed by atoms with E-state index < -0.39 is 11.9 Å². The van der Waals surface area contributed by atoms with Crippen LogP contribution < -0.4 is 5.32 Å². The molecule has 0 amide bonds. The molecule has 0 fully saturated rings. The maximum absolute atomic E-state index is 13.4. The SMILES string of the molecule is Fc1ccc(C(Nc2ccc(F)cc2Cl)c2nnc(-c3ccccc3)o2)cc1. The van der Waals surface area contributed by atoms with E-state index in [-0.39, 0.29) is 16.7 Å². The minimum Gasteiger partial charge on any atom is -0.418 e. The second kappa shape index (κ2) is 7.78. The molecule has 3 aromatic carbocycles. The van der Waals surface area contributed by atoms with Crippen molar-refractivity contribution in [1.29, 1.82) is 0 Å². The molecule has 1 atom stereocenters. The van der Waals surface area contributed by atoms with Crippen molar-refractivity contribution in [2.45, 2.75) is 6.04 Å². The maximum Gasteiger partial charge on any atom is 0.247 e. The fraction of sp³-hybridized carbons (Fsp3) is 0.0476. The van der Waals surface area contributed by atoms with Gasteiger partial charge in [-0.2, -0.15) is 0 Å². The molecule has 0 spiro atoms. The number of anilines is 1. The average Bonchev–Trinajstić information content (AvgIpc) is 3.19. The van der Waals surface area contributed by atoms with E-state index in [9.17, 15) is 8.78 Å². The zero-order chi connectivity index (χ0) is 19.5. The van der Waals surface area contributed by atoms with Crippen molar-refractivity contribution in [3.8, 4) is 11.5 Å². The van der Waals surface area contributed by atoms with Crippen LogP contribution in [-0.4, -0.2) is 10.2 Å². The highest BCUT2D eigenvalue weighted by Gasteiger charge is 2.22. The lowest BCUT2D eigenvalue weighted by Crippen LogP contribution is -2.13. The number of nitrogens with zero attached hydrogens (tertiary/aromatic N) is 2. The first kappa shape index (κ1) is 18.1. The number of hydrogen-bond acceptors (Lipinski definition) is 4. The Morgan fingerprint density at radius 1 is 0.857 bits per heavy atom. The van der Waals surface area contributed by atoms with Crippen molar-refractivity contribution in [3.05, 3.63) is 101 Å². The molecule has 0 saturated heterocycles. The summed E-state index contributed by atoms with van der Waals surface area (Å²) in [6.45, 7) is 0. The van der Waals surface area contributed by atoms with Gasteiger partial charge in [-0.3, -0.25) is 0 Å². The van der Waals surface area contributed by atoms with Gasteiger partial charge in [0.15, 0.2) is 0 Å². The van der Waals surface area contributed by atoms with Gasteiger partial charge in [-0.05, 0) is 48.0 Å². The summed E-state index contributed by atoms with van der Waals surface area (Å²) < 4.78 is 32.6. The molecule has 0 aliphatic heterocycles. The third-order valence-corrected chi connectivity index (χ3v) is 4.46. The number of hydrogen-bond donors (Lipinski definition) is 1. The van der Waals surface area contributed by atoms with Crippen molar-refractivity contribution < 1.29 is 13.2 Å². The first-order valence-corrected chi connectivity index (χ1v) is 8.84. The van der Waals surface area contributed by atoms with Crippen molar-refractivity contribution in [2.24, 2.45) is 0 Å². The third-order valence-electron chi connectivity index (χ3n) is 4.14. The summed E-state index contributed by atoms with van der Waals surface area (Å²) in [5.74, 6) is -0.184. The minimum absolute atomic E-state index is 0.204. The van der Waals surface area contributed by atoms with E-state index in [1.54, 1.807) is 12.1 Å². The van der Waals surface area contributed by atoms with E-state index in [0.29, 0.717) is 17.1 Å². The van der Waals surface area contributed by atoms with E-state index in [2.05, 4.69) is 15.5 Å². The topological polar surface area (TPSA) is 51.0 Å². The van der Waals surface area contributed by atoms with Gasteiger partial charge in [0.25, 0.3) is 0 Å². The van der Waals surface area contributed by atoms with Gasteiger partial charge in [0.1, 0.15) is 17.7 Å². The fourth-order valence-corrected chi connectivity index (χ4v) is 2.98. The van der Waals surface area contributed by atoms with Gasteiger partial charge in [0, 0.05) is 5.56 Å². The molecular weight excluding hydrogens is 384 g/mol. The van der Waals surface area contributed by atoms with E-state index in [0.717, 1.165) is 5.56 Å². The molecule has 1 heterocycles. The van der Waals surface area contributed by atoms with E-state index >= 15 is 0 Å². The molecule has 1 N–H and O–H groups in total. The second-order valence-electron chi connectivity index (χ2n) is 6.06. The normalized spacial score (nSPS) is 12.0. The summed E-state index contributed by atoms with van der Waals surface area (Å²) >= 11 is 6.15. The van der Waals surface area contributed by atoms with Crippen molar-refractivity contribution in [2.75, 3.05) is 5.32 Å². The molecule has 0 bridgehead atoms. The van der Waals surface area contributed by atoms with Crippen molar-refractivity contribution in [3.63, 3.8) is 0 Å². The molecule has 0 radical (unpaired) electrons. The molecule has 4 aromatic rings. The second-order valence-corrected chi connectivity index (χ2v) is 6.47. The Morgan fingerprint density at radius 2 is 1.57 bits per heavy atom. The van der Waals surface area contributed by atoms with Gasteiger partial charge in [-0.15, -0.1) is 10.2 Å². The molecule has 1 unspecified atom stereocenters. The van der Waals surface area contributed by atoms with Crippen LogP contribution in [0.2, 0.25) is 5.02 Å². The van der Waals surface area contributed by atoms with Crippen LogP contribution in [0.25, 0.3) is 11.5 Å². The van der Waals surface area contributed by atoms with Crippen molar-refractivity contribution >= 4 is 17.3 Å². The molecule has 1 aromatic heterocycles. The number of rotatable bonds is 5. The molecule has 4 nitrogen and oxygen atoms in total. The standard InChI is InChI=1S/C21H14ClF2N3O/c22-17-12-16(24)10-11-18(17)25-19(13-6-8-15(23)9-7-13)21-27-26-20(28-21)14-4-2-1-3-5-14/h1-12,19,25H. The number of nitrogens with one attached hydrogen (secondary N) is 1. The highest BCUT2D eigenvalue weighted by Crippen LogP contribution is 2.31. The molecule has 28 heavy (non-hydrogen) atoms. The summed E-state index contributed by atoms with van der Waals surface area (Å²) in [6, 6.07) is 18.6. The van der Waals surface area contributed by atoms with Crippen LogP contribution in [0.4, 0.5) is 14.5 Å². The van der Waals surface area contributed by atoms with Gasteiger partial charge in [0.2, 0.25) is 11.8 Å². The lowest BCUT2D eigenvalue weighted by atomic mass is 10.1. The summed E-state index contributed by atoms with van der Waals surface area (Å²) in [4.78, 5) is 0. The zero-order valence-corrected chi connectivity index (χ0v) is 15.2. The summed E-state index contributed by atoms with van der Waals surface area (Å²) in [7, 11) is 0. The number of benzene rings is 3. The molecule has 0 aliphatic rings. The Kier molecular flexibility index (Phi) is 5.04. The molecule has 140 valence electrons. The summed E-state index contributed by atoms with van der Waals surface area (Å²) in [5.41, 5.74) is 1.95. The summed E-state index contributed by atoms with van der Waals surface area (Å²) in [5, 5.41) is 11.6. The van der Waals surface area contributed by atoms with Crippen LogP contribution in [0.15, 0.2) is 77.2 Å². The van der Waals surface area contributed by atoms with Crippen LogP contribution in [0.1, 0.15) is 17.5 Å². The molecule has 0 saturated carbocycles. The quantitative estimate of drug-likeness (QED) is 0.457. The number of halogens is 3. The van der Waals surface area contributed by atoms with Crippen LogP contribution in [0.5, 0.6) is 0 Å². The van der Waals surface area contributed by atoms with Gasteiger partial charge in [-0.1, -0.05) is 41.9 Å².